The van der Waals surface area contributed by atoms with E-state index in [2.05, 4.69) is 38.3 Å². The van der Waals surface area contributed by atoms with Crippen molar-refractivity contribution in [1.29, 1.82) is 15.8 Å². The lowest BCUT2D eigenvalue weighted by molar-refractivity contribution is 1.16. The standard InChI is InChI=1S/C40H20N6/c1-44-30-15-17-34-32-7-3-5-9-36(32)46(40(34)21-30)38-20-27(12-14-29(38)24-43)26-11-13-28(23-42)37(19-26)45-35-8-4-2-6-31(35)33-16-10-25(22-41)18-39(33)45/h2-21H. The number of rotatable bonds is 3. The fraction of sp³-hybridized carbons (Fsp3) is 0. The third kappa shape index (κ3) is 3.86. The molecule has 46 heavy (non-hydrogen) atoms. The predicted octanol–water partition coefficient (Wildman–Crippen LogP) is 9.71. The summed E-state index contributed by atoms with van der Waals surface area (Å²) in [4.78, 5) is 3.66. The minimum atomic E-state index is 0.497. The van der Waals surface area contributed by atoms with Crippen molar-refractivity contribution in [3.8, 4) is 40.7 Å². The largest absolute Gasteiger partial charge is 0.309 e. The maximum Gasteiger partial charge on any atom is 0.189 e. The molecule has 6 heteroatoms. The molecule has 0 spiro atoms. The highest BCUT2D eigenvalue weighted by Gasteiger charge is 2.19. The van der Waals surface area contributed by atoms with Gasteiger partial charge in [-0.15, -0.1) is 0 Å². The first-order chi connectivity index (χ1) is 22.6. The van der Waals surface area contributed by atoms with Gasteiger partial charge in [-0.3, -0.25) is 0 Å². The van der Waals surface area contributed by atoms with Gasteiger partial charge in [-0.05, 0) is 65.7 Å². The smallest absolute Gasteiger partial charge is 0.189 e. The monoisotopic (exact) mass is 584 g/mol. The van der Waals surface area contributed by atoms with Crippen LogP contribution < -0.4 is 0 Å². The Morgan fingerprint density at radius 3 is 1.50 bits per heavy atom. The second-order valence-corrected chi connectivity index (χ2v) is 11.0. The fourth-order valence-electron chi connectivity index (χ4n) is 6.57. The molecule has 0 saturated heterocycles. The number of hydrogen-bond donors (Lipinski definition) is 0. The van der Waals surface area contributed by atoms with Gasteiger partial charge in [0.15, 0.2) is 5.69 Å². The van der Waals surface area contributed by atoms with Crippen molar-refractivity contribution < 1.29 is 0 Å². The van der Waals surface area contributed by atoms with Crippen molar-refractivity contribution in [2.45, 2.75) is 0 Å². The van der Waals surface area contributed by atoms with Crippen molar-refractivity contribution in [1.82, 2.24) is 9.13 Å². The lowest BCUT2D eigenvalue weighted by Gasteiger charge is -2.15. The second kappa shape index (κ2) is 10.3. The van der Waals surface area contributed by atoms with Crippen LogP contribution in [0.5, 0.6) is 0 Å². The average molecular weight is 585 g/mol. The predicted molar refractivity (Wildman–Crippen MR) is 181 cm³/mol. The summed E-state index contributed by atoms with van der Waals surface area (Å²) in [6, 6.07) is 45.8. The molecule has 8 rings (SSSR count). The van der Waals surface area contributed by atoms with Crippen LogP contribution in [0.1, 0.15) is 16.7 Å². The lowest BCUT2D eigenvalue weighted by Crippen LogP contribution is -2.00. The van der Waals surface area contributed by atoms with Gasteiger partial charge in [0.05, 0.1) is 57.3 Å². The highest BCUT2D eigenvalue weighted by atomic mass is 15.0. The van der Waals surface area contributed by atoms with E-state index in [0.29, 0.717) is 33.8 Å². The van der Waals surface area contributed by atoms with Crippen molar-refractivity contribution in [3.63, 3.8) is 0 Å². The van der Waals surface area contributed by atoms with Gasteiger partial charge in [-0.1, -0.05) is 66.7 Å². The zero-order valence-electron chi connectivity index (χ0n) is 24.2. The molecular formula is C40H20N6. The van der Waals surface area contributed by atoms with Crippen LogP contribution in [0.25, 0.3) is 71.0 Å². The third-order valence-electron chi connectivity index (χ3n) is 8.64. The summed E-state index contributed by atoms with van der Waals surface area (Å²) in [5.41, 5.74) is 8.75. The lowest BCUT2D eigenvalue weighted by atomic mass is 9.99. The molecule has 0 amide bonds. The van der Waals surface area contributed by atoms with Gasteiger partial charge in [-0.25, -0.2) is 4.85 Å². The number of benzene rings is 6. The molecule has 0 aliphatic carbocycles. The van der Waals surface area contributed by atoms with Gasteiger partial charge in [0.2, 0.25) is 0 Å². The number of para-hydroxylation sites is 2. The molecule has 6 aromatic carbocycles. The highest BCUT2D eigenvalue weighted by molar-refractivity contribution is 6.11. The summed E-state index contributed by atoms with van der Waals surface area (Å²) in [5, 5.41) is 34.2. The molecule has 0 aliphatic rings. The summed E-state index contributed by atoms with van der Waals surface area (Å²) < 4.78 is 4.11. The van der Waals surface area contributed by atoms with E-state index in [9.17, 15) is 15.8 Å². The van der Waals surface area contributed by atoms with Gasteiger partial charge in [0.1, 0.15) is 12.1 Å². The van der Waals surface area contributed by atoms with Crippen LogP contribution in [0.2, 0.25) is 0 Å². The zero-order valence-corrected chi connectivity index (χ0v) is 24.2. The van der Waals surface area contributed by atoms with Crippen LogP contribution in [0.4, 0.5) is 5.69 Å². The van der Waals surface area contributed by atoms with Crippen molar-refractivity contribution in [2.24, 2.45) is 0 Å². The number of nitrogens with zero attached hydrogens (tertiary/aromatic N) is 6. The summed E-state index contributed by atoms with van der Waals surface area (Å²) >= 11 is 0. The van der Waals surface area contributed by atoms with Crippen molar-refractivity contribution >= 4 is 49.3 Å². The van der Waals surface area contributed by atoms with Crippen molar-refractivity contribution in [2.75, 3.05) is 0 Å². The van der Waals surface area contributed by atoms with Crippen LogP contribution in [0.15, 0.2) is 121 Å². The third-order valence-corrected chi connectivity index (χ3v) is 8.64. The van der Waals surface area contributed by atoms with Gasteiger partial charge in [0.25, 0.3) is 0 Å². The first kappa shape index (κ1) is 26.5. The van der Waals surface area contributed by atoms with Crippen LogP contribution >= 0.6 is 0 Å². The molecule has 2 aromatic heterocycles. The molecule has 0 bridgehead atoms. The maximum absolute atomic E-state index is 10.2. The van der Waals surface area contributed by atoms with Gasteiger partial charge in [-0.2, -0.15) is 15.8 Å². The second-order valence-electron chi connectivity index (χ2n) is 11.0. The molecule has 0 unspecified atom stereocenters. The van der Waals surface area contributed by atoms with Crippen LogP contribution in [-0.4, -0.2) is 9.13 Å². The van der Waals surface area contributed by atoms with E-state index in [1.54, 1.807) is 0 Å². The average Bonchev–Trinajstić information content (AvgIpc) is 3.62. The van der Waals surface area contributed by atoms with E-state index in [0.717, 1.165) is 54.7 Å². The van der Waals surface area contributed by atoms with Crippen molar-refractivity contribution in [3.05, 3.63) is 149 Å². The normalized spacial score (nSPS) is 11.0. The summed E-state index contributed by atoms with van der Waals surface area (Å²) in [6.45, 7) is 7.61. The topological polar surface area (TPSA) is 85.6 Å². The Morgan fingerprint density at radius 1 is 0.478 bits per heavy atom. The Labute approximate surface area is 263 Å². The Hall–Kier alpha value is -7.12. The van der Waals surface area contributed by atoms with Crippen LogP contribution in [0.3, 0.4) is 0 Å². The molecule has 8 aromatic rings. The SMILES string of the molecule is [C-]#[N+]c1ccc2c3ccccc3n(-c3cc(-c4ccc(C#N)c(-n5c6ccccc6c6ccc(C#N)cc65)c4)ccc3C#N)c2c1. The Kier molecular flexibility index (Phi) is 5.91. The van der Waals surface area contributed by atoms with E-state index >= 15 is 0 Å². The highest BCUT2D eigenvalue weighted by Crippen LogP contribution is 2.38. The Bertz CT molecular complexity index is 2560. The Balaban J connectivity index is 1.40. The molecule has 0 radical (unpaired) electrons. The van der Waals surface area contributed by atoms with Crippen LogP contribution in [-0.2, 0) is 0 Å². The molecule has 210 valence electrons. The first-order valence-electron chi connectivity index (χ1n) is 14.6. The minimum Gasteiger partial charge on any atom is -0.309 e. The quantitative estimate of drug-likeness (QED) is 0.194. The fourth-order valence-corrected chi connectivity index (χ4v) is 6.57. The number of aromatic nitrogens is 2. The number of fused-ring (bicyclic) bond motifs is 6. The summed E-state index contributed by atoms with van der Waals surface area (Å²) in [6.07, 6.45) is 0. The van der Waals surface area contributed by atoms with Gasteiger partial charge >= 0.3 is 0 Å². The Morgan fingerprint density at radius 2 is 0.978 bits per heavy atom. The van der Waals surface area contributed by atoms with Gasteiger partial charge < -0.3 is 9.13 Å². The van der Waals surface area contributed by atoms with E-state index in [1.807, 2.05) is 115 Å². The maximum atomic E-state index is 10.2. The van der Waals surface area contributed by atoms with E-state index < -0.39 is 0 Å². The van der Waals surface area contributed by atoms with Crippen LogP contribution in [0, 0.1) is 40.6 Å². The van der Waals surface area contributed by atoms with Gasteiger partial charge in [0, 0.05) is 27.1 Å². The summed E-state index contributed by atoms with van der Waals surface area (Å²) in [5.74, 6) is 0. The van der Waals surface area contributed by atoms with E-state index in [-0.39, 0.29) is 0 Å². The zero-order chi connectivity index (χ0) is 31.4. The molecule has 0 atom stereocenters. The number of hydrogen-bond acceptors (Lipinski definition) is 3. The molecule has 0 aliphatic heterocycles. The van der Waals surface area contributed by atoms with E-state index in [1.165, 1.54) is 0 Å². The van der Waals surface area contributed by atoms with E-state index in [4.69, 9.17) is 6.57 Å². The minimum absolute atomic E-state index is 0.497. The molecule has 2 heterocycles. The number of nitriles is 3. The molecule has 6 nitrogen and oxygen atoms in total. The molecule has 0 N–H and O–H groups in total. The molecular weight excluding hydrogens is 564 g/mol. The summed E-state index contributed by atoms with van der Waals surface area (Å²) in [7, 11) is 0. The first-order valence-corrected chi connectivity index (χ1v) is 14.6. The molecule has 0 fully saturated rings. The molecule has 0 saturated carbocycles.